The highest BCUT2D eigenvalue weighted by Crippen LogP contribution is 2.58. The third-order valence-corrected chi connectivity index (χ3v) is 7.95. The molecular formula is C24H31NO6. The highest BCUT2D eigenvalue weighted by Gasteiger charge is 2.67. The molecule has 6 atom stereocenters. The van der Waals surface area contributed by atoms with E-state index >= 15 is 0 Å². The van der Waals surface area contributed by atoms with Gasteiger partial charge in [-0.1, -0.05) is 31.4 Å². The van der Waals surface area contributed by atoms with E-state index in [1.807, 2.05) is 6.07 Å². The predicted molar refractivity (Wildman–Crippen MR) is 111 cm³/mol. The number of imide groups is 1. The van der Waals surface area contributed by atoms with Gasteiger partial charge in [0.05, 0.1) is 24.5 Å². The Bertz CT molecular complexity index is 867. The van der Waals surface area contributed by atoms with Crippen molar-refractivity contribution in [3.8, 4) is 5.75 Å². The predicted octanol–water partition coefficient (Wildman–Crippen LogP) is 2.76. The summed E-state index contributed by atoms with van der Waals surface area (Å²) in [6, 6.07) is 6.79. The molecular weight excluding hydrogens is 398 g/mol. The van der Waals surface area contributed by atoms with Crippen molar-refractivity contribution < 1.29 is 29.3 Å². The molecule has 0 spiro atoms. The second-order valence-corrected chi connectivity index (χ2v) is 9.65. The van der Waals surface area contributed by atoms with E-state index in [0.717, 1.165) is 37.7 Å². The standard InChI is InChI=1S/C24H31NO6/c1-30-13-15-11-18-21(23(28)25(22(18)27)16-7-3-2-4-8-16)19-12-20(31-24(15,19)29)14-6-5-9-17(26)10-14/h5-6,9-10,15-16,18-21,26,29H,2-4,7-8,11-13H2,1H3/t15-,18+,19+,20+,21+,24-/m1/s1. The van der Waals surface area contributed by atoms with Gasteiger partial charge in [0.2, 0.25) is 11.8 Å². The van der Waals surface area contributed by atoms with Crippen molar-refractivity contribution >= 4 is 11.8 Å². The molecule has 168 valence electrons. The van der Waals surface area contributed by atoms with Crippen LogP contribution in [0.25, 0.3) is 0 Å². The number of carbonyl (C=O) groups is 2. The van der Waals surface area contributed by atoms with Gasteiger partial charge in [-0.2, -0.15) is 0 Å². The van der Waals surface area contributed by atoms with Crippen LogP contribution in [0.1, 0.15) is 56.6 Å². The summed E-state index contributed by atoms with van der Waals surface area (Å²) in [4.78, 5) is 28.5. The van der Waals surface area contributed by atoms with Crippen LogP contribution in [-0.4, -0.2) is 52.5 Å². The minimum absolute atomic E-state index is 0.0162. The van der Waals surface area contributed by atoms with Gasteiger partial charge in [0.1, 0.15) is 5.75 Å². The molecule has 5 rings (SSSR count). The van der Waals surface area contributed by atoms with E-state index in [0.29, 0.717) is 12.8 Å². The van der Waals surface area contributed by atoms with Gasteiger partial charge in [0, 0.05) is 25.0 Å². The lowest BCUT2D eigenvalue weighted by molar-refractivity contribution is -0.275. The molecule has 1 aromatic rings. The fraction of sp³-hybridized carbons (Fsp3) is 0.667. The van der Waals surface area contributed by atoms with Crippen LogP contribution in [0, 0.1) is 23.7 Å². The summed E-state index contributed by atoms with van der Waals surface area (Å²) in [5.74, 6) is -3.48. The van der Waals surface area contributed by atoms with Gasteiger partial charge in [-0.25, -0.2) is 0 Å². The second-order valence-electron chi connectivity index (χ2n) is 9.65. The molecule has 2 saturated heterocycles. The summed E-state index contributed by atoms with van der Waals surface area (Å²) in [6.45, 7) is 0.258. The van der Waals surface area contributed by atoms with Gasteiger partial charge in [-0.15, -0.1) is 0 Å². The van der Waals surface area contributed by atoms with Crippen molar-refractivity contribution in [1.29, 1.82) is 0 Å². The topological polar surface area (TPSA) is 96.3 Å². The molecule has 2 saturated carbocycles. The lowest BCUT2D eigenvalue weighted by Gasteiger charge is -2.44. The number of phenolic OH excluding ortho intramolecular Hbond substituents is 1. The zero-order chi connectivity index (χ0) is 21.8. The summed E-state index contributed by atoms with van der Waals surface area (Å²) in [7, 11) is 1.57. The van der Waals surface area contributed by atoms with Crippen LogP contribution in [0.15, 0.2) is 24.3 Å². The number of benzene rings is 1. The molecule has 2 N–H and O–H groups in total. The highest BCUT2D eigenvalue weighted by molar-refractivity contribution is 6.05. The van der Waals surface area contributed by atoms with Crippen molar-refractivity contribution in [1.82, 2.24) is 4.90 Å². The van der Waals surface area contributed by atoms with E-state index in [1.165, 1.54) is 4.90 Å². The Morgan fingerprint density at radius 1 is 1.16 bits per heavy atom. The minimum atomic E-state index is -1.54. The molecule has 2 aliphatic carbocycles. The number of hydrogen-bond donors (Lipinski definition) is 2. The maximum absolute atomic E-state index is 13.6. The molecule has 7 nitrogen and oxygen atoms in total. The molecule has 7 heteroatoms. The fourth-order valence-electron chi connectivity index (χ4n) is 6.53. The third-order valence-electron chi connectivity index (χ3n) is 7.95. The van der Waals surface area contributed by atoms with Crippen molar-refractivity contribution in [3.63, 3.8) is 0 Å². The third kappa shape index (κ3) is 3.29. The SMILES string of the molecule is COC[C@H]1C[C@@H]2C(=O)N(C3CCCCC3)C(=O)[C@@H]2[C@@H]2C[C@@H](c3cccc(O)c3)O[C@]12O. The molecule has 2 aliphatic heterocycles. The number of carbonyl (C=O) groups excluding carboxylic acids is 2. The number of fused-ring (bicyclic) bond motifs is 3. The Labute approximate surface area is 182 Å². The number of ether oxygens (including phenoxy) is 2. The summed E-state index contributed by atoms with van der Waals surface area (Å²) >= 11 is 0. The van der Waals surface area contributed by atoms with E-state index < -0.39 is 35.6 Å². The summed E-state index contributed by atoms with van der Waals surface area (Å²) in [5.41, 5.74) is 0.761. The molecule has 1 aromatic carbocycles. The Balaban J connectivity index is 1.48. The molecule has 0 unspecified atom stereocenters. The lowest BCUT2D eigenvalue weighted by atomic mass is 9.64. The Hall–Kier alpha value is -1.96. The zero-order valence-electron chi connectivity index (χ0n) is 17.9. The Morgan fingerprint density at radius 2 is 1.94 bits per heavy atom. The summed E-state index contributed by atoms with van der Waals surface area (Å²) in [5, 5.41) is 21.6. The maximum atomic E-state index is 13.6. The van der Waals surface area contributed by atoms with Crippen LogP contribution in [-0.2, 0) is 19.1 Å². The van der Waals surface area contributed by atoms with Gasteiger partial charge in [0.25, 0.3) is 0 Å². The number of methoxy groups -OCH3 is 1. The Kier molecular flexibility index (Phi) is 5.31. The van der Waals surface area contributed by atoms with E-state index in [4.69, 9.17) is 9.47 Å². The first-order valence-corrected chi connectivity index (χ1v) is 11.5. The minimum Gasteiger partial charge on any atom is -0.508 e. The number of aliphatic hydroxyl groups is 1. The van der Waals surface area contributed by atoms with Crippen LogP contribution in [0.5, 0.6) is 5.75 Å². The lowest BCUT2D eigenvalue weighted by Crippen LogP contribution is -2.54. The van der Waals surface area contributed by atoms with Crippen LogP contribution in [0.3, 0.4) is 0 Å². The van der Waals surface area contributed by atoms with Gasteiger partial charge in [-0.3, -0.25) is 14.5 Å². The van der Waals surface area contributed by atoms with E-state index in [1.54, 1.807) is 25.3 Å². The van der Waals surface area contributed by atoms with E-state index in [9.17, 15) is 19.8 Å². The number of likely N-dealkylation sites (tertiary alicyclic amines) is 1. The number of phenols is 1. The quantitative estimate of drug-likeness (QED) is 0.715. The monoisotopic (exact) mass is 429 g/mol. The van der Waals surface area contributed by atoms with Crippen LogP contribution < -0.4 is 0 Å². The first kappa shape index (κ1) is 20.9. The fourth-order valence-corrected chi connectivity index (χ4v) is 6.53. The number of rotatable bonds is 4. The zero-order valence-corrected chi connectivity index (χ0v) is 17.9. The van der Waals surface area contributed by atoms with Crippen molar-refractivity contribution in [3.05, 3.63) is 29.8 Å². The number of nitrogens with zero attached hydrogens (tertiary/aromatic N) is 1. The molecule has 2 heterocycles. The van der Waals surface area contributed by atoms with Crippen molar-refractivity contribution in [2.45, 2.75) is 62.9 Å². The van der Waals surface area contributed by atoms with Crippen molar-refractivity contribution in [2.75, 3.05) is 13.7 Å². The largest absolute Gasteiger partial charge is 0.508 e. The Morgan fingerprint density at radius 3 is 2.65 bits per heavy atom. The summed E-state index contributed by atoms with van der Waals surface area (Å²) in [6.07, 6.45) is 5.33. The second kappa shape index (κ2) is 7.87. The number of hydrogen-bond acceptors (Lipinski definition) is 6. The van der Waals surface area contributed by atoms with Gasteiger partial charge in [-0.05, 0) is 43.4 Å². The smallest absolute Gasteiger partial charge is 0.233 e. The number of amides is 2. The normalized spacial score (nSPS) is 38.4. The summed E-state index contributed by atoms with van der Waals surface area (Å²) < 4.78 is 11.6. The van der Waals surface area contributed by atoms with Crippen LogP contribution in [0.4, 0.5) is 0 Å². The van der Waals surface area contributed by atoms with Gasteiger partial charge in [0.15, 0.2) is 5.79 Å². The first-order chi connectivity index (χ1) is 14.9. The van der Waals surface area contributed by atoms with Gasteiger partial charge >= 0.3 is 0 Å². The molecule has 2 amide bonds. The molecule has 4 aliphatic rings. The average Bonchev–Trinajstić information content (AvgIpc) is 3.24. The highest BCUT2D eigenvalue weighted by atomic mass is 16.6. The molecule has 31 heavy (non-hydrogen) atoms. The van der Waals surface area contributed by atoms with Crippen molar-refractivity contribution in [2.24, 2.45) is 23.7 Å². The average molecular weight is 430 g/mol. The van der Waals surface area contributed by atoms with Crippen LogP contribution in [0.2, 0.25) is 0 Å². The molecule has 0 radical (unpaired) electrons. The molecule has 4 fully saturated rings. The maximum Gasteiger partial charge on any atom is 0.233 e. The molecule has 0 aromatic heterocycles. The first-order valence-electron chi connectivity index (χ1n) is 11.5. The van der Waals surface area contributed by atoms with E-state index in [-0.39, 0.29) is 30.2 Å². The van der Waals surface area contributed by atoms with Crippen LogP contribution >= 0.6 is 0 Å². The van der Waals surface area contributed by atoms with Gasteiger partial charge < -0.3 is 19.7 Å². The number of aromatic hydroxyl groups is 1. The van der Waals surface area contributed by atoms with E-state index in [2.05, 4.69) is 0 Å². The molecule has 0 bridgehead atoms.